The van der Waals surface area contributed by atoms with Gasteiger partial charge in [0.25, 0.3) is 0 Å². The van der Waals surface area contributed by atoms with E-state index in [1.165, 1.54) is 0 Å². The molecule has 0 saturated carbocycles. The van der Waals surface area contributed by atoms with E-state index in [9.17, 15) is 4.79 Å². The van der Waals surface area contributed by atoms with Gasteiger partial charge in [0.2, 0.25) is 0 Å². The Kier molecular flexibility index (Phi) is 6.10. The third-order valence-corrected chi connectivity index (χ3v) is 4.01. The van der Waals surface area contributed by atoms with E-state index in [1.54, 1.807) is 18.2 Å². The maximum Gasteiger partial charge on any atom is 0.347 e. The summed E-state index contributed by atoms with van der Waals surface area (Å²) in [6.45, 7) is 4.57. The molecule has 0 N–H and O–H groups in total. The van der Waals surface area contributed by atoms with Crippen molar-refractivity contribution in [3.05, 3.63) is 89.5 Å². The lowest BCUT2D eigenvalue weighted by atomic mass is 10.1. The molecule has 3 aromatic carbocycles. The SMILES string of the molecule is Cc1ccc(C)c(OC(=O)c2ccccc2OCCOc2ccccc2)c1. The Labute approximate surface area is 159 Å². The van der Waals surface area contributed by atoms with Gasteiger partial charge in [0, 0.05) is 0 Å². The summed E-state index contributed by atoms with van der Waals surface area (Å²) in [6, 6.07) is 22.3. The molecule has 0 atom stereocenters. The lowest BCUT2D eigenvalue weighted by molar-refractivity contribution is 0.0728. The maximum atomic E-state index is 12.6. The van der Waals surface area contributed by atoms with Gasteiger partial charge in [0.1, 0.15) is 36.0 Å². The second-order valence-electron chi connectivity index (χ2n) is 6.16. The molecule has 4 nitrogen and oxygen atoms in total. The van der Waals surface area contributed by atoms with Crippen LogP contribution in [0.1, 0.15) is 21.5 Å². The van der Waals surface area contributed by atoms with Crippen molar-refractivity contribution in [3.8, 4) is 17.2 Å². The average Bonchev–Trinajstić information content (AvgIpc) is 2.69. The molecule has 0 aliphatic carbocycles. The van der Waals surface area contributed by atoms with Gasteiger partial charge in [-0.3, -0.25) is 0 Å². The molecule has 0 aliphatic rings. The summed E-state index contributed by atoms with van der Waals surface area (Å²) in [7, 11) is 0. The number of esters is 1. The van der Waals surface area contributed by atoms with Crippen LogP contribution in [0.5, 0.6) is 17.2 Å². The van der Waals surface area contributed by atoms with E-state index >= 15 is 0 Å². The Balaban J connectivity index is 1.62. The molecule has 138 valence electrons. The topological polar surface area (TPSA) is 44.8 Å². The number of para-hydroxylation sites is 2. The smallest absolute Gasteiger partial charge is 0.347 e. The minimum absolute atomic E-state index is 0.322. The molecule has 0 spiro atoms. The summed E-state index contributed by atoms with van der Waals surface area (Å²) < 4.78 is 16.9. The molecule has 0 aliphatic heterocycles. The van der Waals surface area contributed by atoms with Crippen molar-refractivity contribution < 1.29 is 19.0 Å². The fourth-order valence-electron chi connectivity index (χ4n) is 2.56. The summed E-state index contributed by atoms with van der Waals surface area (Å²) in [5, 5.41) is 0. The number of ether oxygens (including phenoxy) is 3. The highest BCUT2D eigenvalue weighted by Crippen LogP contribution is 2.24. The number of benzene rings is 3. The second kappa shape index (κ2) is 8.90. The van der Waals surface area contributed by atoms with E-state index < -0.39 is 5.97 Å². The first-order valence-corrected chi connectivity index (χ1v) is 8.82. The quantitative estimate of drug-likeness (QED) is 0.338. The first-order valence-electron chi connectivity index (χ1n) is 8.82. The van der Waals surface area contributed by atoms with Crippen LogP contribution in [0.25, 0.3) is 0 Å². The van der Waals surface area contributed by atoms with E-state index in [2.05, 4.69) is 0 Å². The Bertz CT molecular complexity index is 903. The molecule has 0 fully saturated rings. The number of rotatable bonds is 7. The highest BCUT2D eigenvalue weighted by Gasteiger charge is 2.15. The Morgan fingerprint density at radius 3 is 2.30 bits per heavy atom. The number of carbonyl (C=O) groups is 1. The summed E-state index contributed by atoms with van der Waals surface area (Å²) in [5.74, 6) is 1.37. The first kappa shape index (κ1) is 18.5. The van der Waals surface area contributed by atoms with Gasteiger partial charge >= 0.3 is 5.97 Å². The molecule has 0 amide bonds. The molecule has 27 heavy (non-hydrogen) atoms. The van der Waals surface area contributed by atoms with Gasteiger partial charge in [-0.25, -0.2) is 4.79 Å². The van der Waals surface area contributed by atoms with Gasteiger partial charge in [-0.1, -0.05) is 42.5 Å². The van der Waals surface area contributed by atoms with Crippen LogP contribution in [-0.4, -0.2) is 19.2 Å². The lowest BCUT2D eigenvalue weighted by Gasteiger charge is -2.13. The standard InChI is InChI=1S/C23H22O4/c1-17-12-13-18(2)22(16-17)27-23(24)20-10-6-7-11-21(20)26-15-14-25-19-8-4-3-5-9-19/h3-13,16H,14-15H2,1-2H3. The fraction of sp³-hybridized carbons (Fsp3) is 0.174. The van der Waals surface area contributed by atoms with Gasteiger partial charge in [0.15, 0.2) is 0 Å². The van der Waals surface area contributed by atoms with Gasteiger partial charge in [-0.05, 0) is 55.3 Å². The van der Waals surface area contributed by atoms with Gasteiger partial charge in [0.05, 0.1) is 0 Å². The largest absolute Gasteiger partial charge is 0.490 e. The molecular weight excluding hydrogens is 340 g/mol. The predicted molar refractivity (Wildman–Crippen MR) is 105 cm³/mol. The van der Waals surface area contributed by atoms with Crippen LogP contribution in [0, 0.1) is 13.8 Å². The zero-order chi connectivity index (χ0) is 19.1. The van der Waals surface area contributed by atoms with E-state index in [1.807, 2.05) is 68.4 Å². The number of hydrogen-bond donors (Lipinski definition) is 0. The predicted octanol–water partition coefficient (Wildman–Crippen LogP) is 4.98. The minimum Gasteiger partial charge on any atom is -0.490 e. The van der Waals surface area contributed by atoms with Crippen molar-refractivity contribution >= 4 is 5.97 Å². The molecule has 4 heteroatoms. The molecule has 3 aromatic rings. The van der Waals surface area contributed by atoms with Crippen molar-refractivity contribution in [1.29, 1.82) is 0 Å². The van der Waals surface area contributed by atoms with Crippen LogP contribution in [0.4, 0.5) is 0 Å². The average molecular weight is 362 g/mol. The lowest BCUT2D eigenvalue weighted by Crippen LogP contribution is -2.14. The van der Waals surface area contributed by atoms with Crippen molar-refractivity contribution in [2.75, 3.05) is 13.2 Å². The fourth-order valence-corrected chi connectivity index (χ4v) is 2.56. The van der Waals surface area contributed by atoms with Gasteiger partial charge in [-0.2, -0.15) is 0 Å². The highest BCUT2D eigenvalue weighted by molar-refractivity contribution is 5.94. The zero-order valence-electron chi connectivity index (χ0n) is 15.5. The summed E-state index contributed by atoms with van der Waals surface area (Å²) in [5.41, 5.74) is 2.33. The molecule has 0 radical (unpaired) electrons. The van der Waals surface area contributed by atoms with Crippen LogP contribution < -0.4 is 14.2 Å². The normalized spacial score (nSPS) is 10.3. The molecular formula is C23H22O4. The summed E-state index contributed by atoms with van der Waals surface area (Å²) in [6.07, 6.45) is 0. The van der Waals surface area contributed by atoms with Crippen molar-refractivity contribution in [2.45, 2.75) is 13.8 Å². The molecule has 3 rings (SSSR count). The van der Waals surface area contributed by atoms with Crippen LogP contribution in [0.3, 0.4) is 0 Å². The first-order chi connectivity index (χ1) is 13.1. The maximum absolute atomic E-state index is 12.6. The second-order valence-corrected chi connectivity index (χ2v) is 6.16. The van der Waals surface area contributed by atoms with E-state index in [0.717, 1.165) is 16.9 Å². The number of aryl methyl sites for hydroxylation is 2. The Hall–Kier alpha value is -3.27. The molecule has 0 saturated heterocycles. The third-order valence-electron chi connectivity index (χ3n) is 4.01. The van der Waals surface area contributed by atoms with Crippen LogP contribution in [0.15, 0.2) is 72.8 Å². The van der Waals surface area contributed by atoms with E-state index in [-0.39, 0.29) is 0 Å². The number of carbonyl (C=O) groups excluding carboxylic acids is 1. The zero-order valence-corrected chi connectivity index (χ0v) is 15.5. The third kappa shape index (κ3) is 5.11. The van der Waals surface area contributed by atoms with E-state index in [0.29, 0.717) is 30.3 Å². The number of hydrogen-bond acceptors (Lipinski definition) is 4. The van der Waals surface area contributed by atoms with Gasteiger partial charge in [-0.15, -0.1) is 0 Å². The Morgan fingerprint density at radius 1 is 0.778 bits per heavy atom. The molecule has 0 unspecified atom stereocenters. The summed E-state index contributed by atoms with van der Waals surface area (Å²) in [4.78, 5) is 12.6. The van der Waals surface area contributed by atoms with Crippen LogP contribution in [-0.2, 0) is 0 Å². The van der Waals surface area contributed by atoms with Crippen LogP contribution in [0.2, 0.25) is 0 Å². The van der Waals surface area contributed by atoms with Crippen molar-refractivity contribution in [1.82, 2.24) is 0 Å². The summed E-state index contributed by atoms with van der Waals surface area (Å²) >= 11 is 0. The van der Waals surface area contributed by atoms with Gasteiger partial charge < -0.3 is 14.2 Å². The van der Waals surface area contributed by atoms with Crippen molar-refractivity contribution in [3.63, 3.8) is 0 Å². The van der Waals surface area contributed by atoms with Crippen molar-refractivity contribution in [2.24, 2.45) is 0 Å². The molecule has 0 aromatic heterocycles. The highest BCUT2D eigenvalue weighted by atomic mass is 16.5. The minimum atomic E-state index is -0.441. The van der Waals surface area contributed by atoms with E-state index in [4.69, 9.17) is 14.2 Å². The molecule has 0 heterocycles. The Morgan fingerprint density at radius 2 is 1.48 bits per heavy atom. The van der Waals surface area contributed by atoms with Crippen LogP contribution >= 0.6 is 0 Å². The molecule has 0 bridgehead atoms. The monoisotopic (exact) mass is 362 g/mol.